The van der Waals surface area contributed by atoms with Gasteiger partial charge in [-0.3, -0.25) is 14.4 Å². The zero-order valence-electron chi connectivity index (χ0n) is 20.9. The fraction of sp³-hybridized carbons (Fsp3) is 0.667. The Hall–Kier alpha value is -2.45. The van der Waals surface area contributed by atoms with Crippen LogP contribution in [0.3, 0.4) is 0 Å². The van der Waals surface area contributed by atoms with Gasteiger partial charge in [-0.15, -0.1) is 0 Å². The third-order valence-corrected chi connectivity index (χ3v) is 8.40. The van der Waals surface area contributed by atoms with E-state index in [4.69, 9.17) is 4.74 Å². The number of benzene rings is 1. The minimum Gasteiger partial charge on any atom is -0.369 e. The van der Waals surface area contributed by atoms with Crippen molar-refractivity contribution in [2.45, 2.75) is 57.2 Å². The van der Waals surface area contributed by atoms with Gasteiger partial charge in [-0.1, -0.05) is 26.2 Å². The number of nitrogens with zero attached hydrogens (tertiary/aromatic N) is 3. The monoisotopic (exact) mass is 482 g/mol. The molecule has 8 heteroatoms. The van der Waals surface area contributed by atoms with Gasteiger partial charge in [0, 0.05) is 49.9 Å². The standard InChI is InChI=1S/C27H38N4O4/c1-18-16-31(24-22(32)17-35-25(18)24)27(34)23(19-6-4-3-5-7-19)28-26(33)20-8-10-21(11-9-20)30-14-12-29(2)13-15-30/h8-11,18-19,23-25H,3-7,12-17H2,1-2H3,(H,28,33)/t18-,23-,24+,25+/m0/s1. The normalized spacial score (nSPS) is 28.7. The topological polar surface area (TPSA) is 82.2 Å². The number of fused-ring (bicyclic) bond motifs is 1. The second-order valence-corrected chi connectivity index (χ2v) is 10.8. The van der Waals surface area contributed by atoms with Crippen molar-refractivity contribution in [1.82, 2.24) is 15.1 Å². The molecule has 0 radical (unpaired) electrons. The van der Waals surface area contributed by atoms with E-state index < -0.39 is 12.1 Å². The lowest BCUT2D eigenvalue weighted by molar-refractivity contribution is -0.139. The van der Waals surface area contributed by atoms with E-state index >= 15 is 0 Å². The summed E-state index contributed by atoms with van der Waals surface area (Å²) in [6, 6.07) is 6.59. The molecule has 2 amide bonds. The van der Waals surface area contributed by atoms with Crippen LogP contribution in [0.1, 0.15) is 49.4 Å². The summed E-state index contributed by atoms with van der Waals surface area (Å²) >= 11 is 0. The molecule has 1 aliphatic carbocycles. The number of nitrogens with one attached hydrogen (secondary N) is 1. The van der Waals surface area contributed by atoms with Crippen LogP contribution in [0.5, 0.6) is 0 Å². The van der Waals surface area contributed by atoms with E-state index in [1.54, 1.807) is 4.90 Å². The highest BCUT2D eigenvalue weighted by Crippen LogP contribution is 2.34. The Morgan fingerprint density at radius 2 is 1.71 bits per heavy atom. The van der Waals surface area contributed by atoms with Gasteiger partial charge in [-0.2, -0.15) is 0 Å². The quantitative estimate of drug-likeness (QED) is 0.691. The number of rotatable bonds is 5. The number of likely N-dealkylation sites (tertiary alicyclic amines) is 1. The summed E-state index contributed by atoms with van der Waals surface area (Å²) in [5, 5.41) is 3.09. The van der Waals surface area contributed by atoms with Gasteiger partial charge in [0.05, 0.1) is 6.10 Å². The summed E-state index contributed by atoms with van der Waals surface area (Å²) in [5.74, 6) is -0.174. The van der Waals surface area contributed by atoms with Gasteiger partial charge in [-0.05, 0) is 50.1 Å². The van der Waals surface area contributed by atoms with Crippen molar-refractivity contribution < 1.29 is 19.1 Å². The molecule has 4 fully saturated rings. The molecule has 3 saturated heterocycles. The first-order valence-electron chi connectivity index (χ1n) is 13.2. The van der Waals surface area contributed by atoms with Crippen LogP contribution < -0.4 is 10.2 Å². The van der Waals surface area contributed by atoms with Crippen molar-refractivity contribution >= 4 is 23.3 Å². The number of piperazine rings is 1. The number of carbonyl (C=O) groups is 3. The number of likely N-dealkylation sites (N-methyl/N-ethyl adjacent to an activating group) is 1. The number of carbonyl (C=O) groups excluding carboxylic acids is 3. The van der Waals surface area contributed by atoms with Crippen molar-refractivity contribution in [2.24, 2.45) is 11.8 Å². The summed E-state index contributed by atoms with van der Waals surface area (Å²) in [7, 11) is 2.13. The van der Waals surface area contributed by atoms with Gasteiger partial charge in [0.15, 0.2) is 5.78 Å². The molecule has 4 aliphatic rings. The number of hydrogen-bond donors (Lipinski definition) is 1. The SMILES string of the molecule is C[C@H]1CN(C(=O)[C@@H](NC(=O)c2ccc(N3CCN(C)CC3)cc2)C2CCCCC2)[C@@H]2C(=O)CO[C@@H]21. The number of hydrogen-bond acceptors (Lipinski definition) is 6. The lowest BCUT2D eigenvalue weighted by atomic mass is 9.83. The van der Waals surface area contributed by atoms with E-state index in [1.165, 1.54) is 0 Å². The molecule has 35 heavy (non-hydrogen) atoms. The third kappa shape index (κ3) is 4.96. The molecule has 0 spiro atoms. The van der Waals surface area contributed by atoms with Gasteiger partial charge >= 0.3 is 0 Å². The van der Waals surface area contributed by atoms with Gasteiger partial charge in [-0.25, -0.2) is 0 Å². The molecule has 3 aliphatic heterocycles. The summed E-state index contributed by atoms with van der Waals surface area (Å²) in [4.78, 5) is 46.0. The molecule has 4 atom stereocenters. The van der Waals surface area contributed by atoms with E-state index in [9.17, 15) is 14.4 Å². The Bertz CT molecular complexity index is 937. The summed E-state index contributed by atoms with van der Waals surface area (Å²) in [6.45, 7) is 6.59. The minimum absolute atomic E-state index is 0.0269. The lowest BCUT2D eigenvalue weighted by Crippen LogP contribution is -2.55. The molecule has 1 aromatic carbocycles. The zero-order chi connectivity index (χ0) is 24.5. The molecule has 0 bridgehead atoms. The van der Waals surface area contributed by atoms with E-state index in [0.717, 1.165) is 64.0 Å². The Kier molecular flexibility index (Phi) is 7.12. The molecule has 1 saturated carbocycles. The molecule has 0 unspecified atom stereocenters. The van der Waals surface area contributed by atoms with Crippen LogP contribution in [0.15, 0.2) is 24.3 Å². The molecule has 190 valence electrons. The van der Waals surface area contributed by atoms with Crippen LogP contribution in [0.2, 0.25) is 0 Å². The van der Waals surface area contributed by atoms with E-state index in [-0.39, 0.29) is 42.1 Å². The first kappa shape index (κ1) is 24.3. The molecular weight excluding hydrogens is 444 g/mol. The summed E-state index contributed by atoms with van der Waals surface area (Å²) in [5.41, 5.74) is 1.68. The van der Waals surface area contributed by atoms with Crippen molar-refractivity contribution in [1.29, 1.82) is 0 Å². The van der Waals surface area contributed by atoms with Crippen LogP contribution in [-0.2, 0) is 14.3 Å². The van der Waals surface area contributed by atoms with Gasteiger partial charge in [0.1, 0.15) is 18.7 Å². The number of anilines is 1. The molecule has 1 aromatic rings. The van der Waals surface area contributed by atoms with Gasteiger partial charge < -0.3 is 24.8 Å². The molecule has 0 aromatic heterocycles. The second kappa shape index (κ2) is 10.3. The highest BCUT2D eigenvalue weighted by Gasteiger charge is 2.52. The van der Waals surface area contributed by atoms with Crippen LogP contribution in [-0.4, -0.2) is 92.0 Å². The van der Waals surface area contributed by atoms with Gasteiger partial charge in [0.2, 0.25) is 5.91 Å². The summed E-state index contributed by atoms with van der Waals surface area (Å²) in [6.07, 6.45) is 4.90. The van der Waals surface area contributed by atoms with Crippen molar-refractivity contribution in [3.05, 3.63) is 29.8 Å². The second-order valence-electron chi connectivity index (χ2n) is 10.8. The van der Waals surface area contributed by atoms with Crippen LogP contribution in [0.25, 0.3) is 0 Å². The maximum atomic E-state index is 13.8. The third-order valence-electron chi connectivity index (χ3n) is 8.40. The van der Waals surface area contributed by atoms with Crippen molar-refractivity contribution in [3.63, 3.8) is 0 Å². The number of ketones is 1. The number of amides is 2. The lowest BCUT2D eigenvalue weighted by Gasteiger charge is -2.34. The Balaban J connectivity index is 1.31. The molecule has 1 N–H and O–H groups in total. The average Bonchev–Trinajstić information content (AvgIpc) is 3.43. The van der Waals surface area contributed by atoms with Crippen molar-refractivity contribution in [2.75, 3.05) is 51.3 Å². The van der Waals surface area contributed by atoms with Crippen molar-refractivity contribution in [3.8, 4) is 0 Å². The van der Waals surface area contributed by atoms with Crippen LogP contribution >= 0.6 is 0 Å². The fourth-order valence-corrected chi connectivity index (χ4v) is 6.26. The molecule has 3 heterocycles. The Morgan fingerprint density at radius 1 is 1.03 bits per heavy atom. The predicted octanol–water partition coefficient (Wildman–Crippen LogP) is 1.93. The van der Waals surface area contributed by atoms with E-state index in [0.29, 0.717) is 12.1 Å². The molecule has 5 rings (SSSR count). The summed E-state index contributed by atoms with van der Waals surface area (Å²) < 4.78 is 5.69. The highest BCUT2D eigenvalue weighted by molar-refractivity contribution is 5.99. The van der Waals surface area contributed by atoms with E-state index in [2.05, 4.69) is 22.2 Å². The van der Waals surface area contributed by atoms with Crippen LogP contribution in [0, 0.1) is 11.8 Å². The number of Topliss-reactive ketones (excluding diaryl/α,β-unsaturated/α-hetero) is 1. The van der Waals surface area contributed by atoms with E-state index in [1.807, 2.05) is 31.2 Å². The fourth-order valence-electron chi connectivity index (χ4n) is 6.26. The largest absolute Gasteiger partial charge is 0.369 e. The zero-order valence-corrected chi connectivity index (χ0v) is 20.9. The molecular formula is C27H38N4O4. The Morgan fingerprint density at radius 3 is 2.40 bits per heavy atom. The Labute approximate surface area is 207 Å². The maximum Gasteiger partial charge on any atom is 0.251 e. The minimum atomic E-state index is -0.612. The van der Waals surface area contributed by atoms with Crippen LogP contribution in [0.4, 0.5) is 5.69 Å². The smallest absolute Gasteiger partial charge is 0.251 e. The number of ether oxygens (including phenoxy) is 1. The van der Waals surface area contributed by atoms with Gasteiger partial charge in [0.25, 0.3) is 5.91 Å². The predicted molar refractivity (Wildman–Crippen MR) is 133 cm³/mol. The first-order chi connectivity index (χ1) is 16.9. The average molecular weight is 483 g/mol. The first-order valence-corrected chi connectivity index (χ1v) is 13.2. The molecule has 8 nitrogen and oxygen atoms in total. The highest BCUT2D eigenvalue weighted by atomic mass is 16.5. The maximum absolute atomic E-state index is 13.8.